The molecule has 286 valence electrons. The summed E-state index contributed by atoms with van der Waals surface area (Å²) in [5, 5.41) is 0. The molecule has 0 fully saturated rings. The fourth-order valence-corrected chi connectivity index (χ4v) is 9.62. The standard InChI is InChI=1S/C56H42N4/c1-55(2)49-31-39(17-21-45(49)47-23-19-41(33-51(47)55)37-9-5-11-43(29-37)53-57-25-7-26-58-53)35-13-15-36(16-14-35)40-18-22-46-48-24-20-42(34-52(48)56(3,4)50(46)32-40)38-10-6-12-44(30-38)54-59-27-8-28-60-54/h5-34H,1-4H3. The van der Waals surface area contributed by atoms with Crippen molar-refractivity contribution < 1.29 is 0 Å². The number of nitrogens with zero attached hydrogens (tertiary/aromatic N) is 4. The van der Waals surface area contributed by atoms with Gasteiger partial charge in [0.15, 0.2) is 11.6 Å². The summed E-state index contributed by atoms with van der Waals surface area (Å²) < 4.78 is 0. The molecule has 0 aliphatic heterocycles. The molecule has 11 rings (SSSR count). The molecule has 2 heterocycles. The van der Waals surface area contributed by atoms with Gasteiger partial charge in [-0.15, -0.1) is 0 Å². The highest BCUT2D eigenvalue weighted by Crippen LogP contribution is 2.52. The number of aromatic nitrogens is 4. The Kier molecular flexibility index (Phi) is 8.15. The lowest BCUT2D eigenvalue weighted by Gasteiger charge is -2.23. The van der Waals surface area contributed by atoms with Crippen LogP contribution in [0.2, 0.25) is 0 Å². The van der Waals surface area contributed by atoms with E-state index in [1.54, 1.807) is 24.8 Å². The van der Waals surface area contributed by atoms with E-state index in [2.05, 4.69) is 193 Å². The van der Waals surface area contributed by atoms with E-state index in [9.17, 15) is 0 Å². The zero-order valence-corrected chi connectivity index (χ0v) is 34.1. The van der Waals surface area contributed by atoms with Gasteiger partial charge >= 0.3 is 0 Å². The first-order chi connectivity index (χ1) is 29.2. The first-order valence-electron chi connectivity index (χ1n) is 20.7. The van der Waals surface area contributed by atoms with E-state index < -0.39 is 0 Å². The SMILES string of the molecule is CC1(C)c2cc(-c3ccc(-c4ccc5c(c4)C(C)(C)c4cc(-c6cccc(-c7ncccn7)c6)ccc4-5)cc3)ccc2-c2ccc(-c3cccc(-c4ncccn4)c3)cc21. The van der Waals surface area contributed by atoms with Gasteiger partial charge in [0.1, 0.15) is 0 Å². The van der Waals surface area contributed by atoms with Crippen molar-refractivity contribution in [1.82, 2.24) is 19.9 Å². The fraction of sp³-hybridized carbons (Fsp3) is 0.107. The van der Waals surface area contributed by atoms with Crippen molar-refractivity contribution in [3.63, 3.8) is 0 Å². The van der Waals surface area contributed by atoms with Crippen LogP contribution in [0.3, 0.4) is 0 Å². The van der Waals surface area contributed by atoms with Crippen LogP contribution in [0, 0.1) is 0 Å². The van der Waals surface area contributed by atoms with Gasteiger partial charge in [0.25, 0.3) is 0 Å². The Hall–Kier alpha value is -7.30. The number of hydrogen-bond donors (Lipinski definition) is 0. The third-order valence-electron chi connectivity index (χ3n) is 12.9. The lowest BCUT2D eigenvalue weighted by Crippen LogP contribution is -2.15. The molecular weight excluding hydrogens is 729 g/mol. The highest BCUT2D eigenvalue weighted by atomic mass is 14.9. The minimum absolute atomic E-state index is 0.145. The smallest absolute Gasteiger partial charge is 0.159 e. The van der Waals surface area contributed by atoms with Gasteiger partial charge in [-0.2, -0.15) is 0 Å². The van der Waals surface area contributed by atoms with Gasteiger partial charge in [-0.1, -0.05) is 137 Å². The predicted molar refractivity (Wildman–Crippen MR) is 245 cm³/mol. The molecule has 0 saturated heterocycles. The van der Waals surface area contributed by atoms with Gasteiger partial charge in [-0.3, -0.25) is 0 Å². The normalized spacial score (nSPS) is 13.9. The van der Waals surface area contributed by atoms with Crippen molar-refractivity contribution in [3.8, 4) is 89.5 Å². The first-order valence-corrected chi connectivity index (χ1v) is 20.7. The molecule has 0 unspecified atom stereocenters. The molecule has 0 atom stereocenters. The maximum atomic E-state index is 4.47. The third kappa shape index (κ3) is 5.82. The molecule has 60 heavy (non-hydrogen) atoms. The second-order valence-corrected chi connectivity index (χ2v) is 17.2. The summed E-state index contributed by atoms with van der Waals surface area (Å²) in [7, 11) is 0. The van der Waals surface area contributed by atoms with Gasteiger partial charge in [0.05, 0.1) is 0 Å². The number of rotatable bonds is 6. The van der Waals surface area contributed by atoms with Crippen molar-refractivity contribution in [1.29, 1.82) is 0 Å². The molecule has 7 aromatic carbocycles. The summed E-state index contributed by atoms with van der Waals surface area (Å²) in [5.41, 5.74) is 22.1. The van der Waals surface area contributed by atoms with E-state index >= 15 is 0 Å². The molecule has 0 amide bonds. The zero-order valence-electron chi connectivity index (χ0n) is 34.1. The number of hydrogen-bond acceptors (Lipinski definition) is 4. The topological polar surface area (TPSA) is 51.6 Å². The van der Waals surface area contributed by atoms with Crippen LogP contribution in [0.25, 0.3) is 89.5 Å². The van der Waals surface area contributed by atoms with Gasteiger partial charge in [-0.05, 0) is 138 Å². The van der Waals surface area contributed by atoms with E-state index in [-0.39, 0.29) is 10.8 Å². The van der Waals surface area contributed by atoms with E-state index in [1.165, 1.54) is 77.9 Å². The van der Waals surface area contributed by atoms with Crippen LogP contribution in [0.1, 0.15) is 49.9 Å². The molecular formula is C56H42N4. The summed E-state index contributed by atoms with van der Waals surface area (Å²) >= 11 is 0. The molecule has 0 bridgehead atoms. The molecule has 0 spiro atoms. The van der Waals surface area contributed by atoms with E-state index in [0.717, 1.165) is 33.9 Å². The Balaban J connectivity index is 0.856. The average molecular weight is 771 g/mol. The van der Waals surface area contributed by atoms with E-state index in [1.807, 2.05) is 12.1 Å². The Labute approximate surface area is 351 Å². The van der Waals surface area contributed by atoms with Gasteiger partial charge < -0.3 is 0 Å². The Morgan fingerprint density at radius 2 is 0.533 bits per heavy atom. The minimum atomic E-state index is -0.145. The van der Waals surface area contributed by atoms with Gasteiger partial charge in [-0.25, -0.2) is 19.9 Å². The largest absolute Gasteiger partial charge is 0.237 e. The predicted octanol–water partition coefficient (Wildman–Crippen LogP) is 13.9. The number of fused-ring (bicyclic) bond motifs is 6. The van der Waals surface area contributed by atoms with Crippen molar-refractivity contribution in [2.75, 3.05) is 0 Å². The summed E-state index contributed by atoms with van der Waals surface area (Å²) in [6.07, 6.45) is 7.17. The molecule has 2 aliphatic rings. The summed E-state index contributed by atoms with van der Waals surface area (Å²) in [6.45, 7) is 9.43. The lowest BCUT2D eigenvalue weighted by atomic mass is 9.80. The van der Waals surface area contributed by atoms with Crippen LogP contribution >= 0.6 is 0 Å². The Bertz CT molecular complexity index is 2910. The quantitative estimate of drug-likeness (QED) is 0.169. The molecule has 0 saturated carbocycles. The van der Waals surface area contributed by atoms with Crippen LogP contribution in [-0.4, -0.2) is 19.9 Å². The maximum Gasteiger partial charge on any atom is 0.159 e. The van der Waals surface area contributed by atoms with Crippen molar-refractivity contribution in [2.24, 2.45) is 0 Å². The van der Waals surface area contributed by atoms with Crippen LogP contribution in [0.5, 0.6) is 0 Å². The van der Waals surface area contributed by atoms with Crippen molar-refractivity contribution in [2.45, 2.75) is 38.5 Å². The van der Waals surface area contributed by atoms with E-state index in [4.69, 9.17) is 0 Å². The van der Waals surface area contributed by atoms with E-state index in [0.29, 0.717) is 0 Å². The van der Waals surface area contributed by atoms with Crippen LogP contribution in [0.4, 0.5) is 0 Å². The number of benzene rings is 7. The van der Waals surface area contributed by atoms with Gasteiger partial charge in [0, 0.05) is 46.7 Å². The Morgan fingerprint density at radius 1 is 0.267 bits per heavy atom. The molecule has 2 aromatic heterocycles. The average Bonchev–Trinajstić information content (AvgIpc) is 3.67. The van der Waals surface area contributed by atoms with Crippen LogP contribution < -0.4 is 0 Å². The third-order valence-corrected chi connectivity index (χ3v) is 12.9. The molecule has 4 nitrogen and oxygen atoms in total. The minimum Gasteiger partial charge on any atom is -0.237 e. The first kappa shape index (κ1) is 35.8. The Morgan fingerprint density at radius 3 is 0.867 bits per heavy atom. The molecule has 9 aromatic rings. The molecule has 0 N–H and O–H groups in total. The van der Waals surface area contributed by atoms with Gasteiger partial charge in [0.2, 0.25) is 0 Å². The monoisotopic (exact) mass is 770 g/mol. The highest BCUT2D eigenvalue weighted by molar-refractivity contribution is 5.88. The summed E-state index contributed by atoms with van der Waals surface area (Å²) in [4.78, 5) is 17.9. The van der Waals surface area contributed by atoms with Crippen molar-refractivity contribution >= 4 is 0 Å². The molecule has 2 aliphatic carbocycles. The molecule has 4 heteroatoms. The highest BCUT2D eigenvalue weighted by Gasteiger charge is 2.37. The fourth-order valence-electron chi connectivity index (χ4n) is 9.62. The zero-order chi connectivity index (χ0) is 40.6. The summed E-state index contributed by atoms with van der Waals surface area (Å²) in [6, 6.07) is 57.8. The second-order valence-electron chi connectivity index (χ2n) is 17.2. The maximum absolute atomic E-state index is 4.47. The van der Waals surface area contributed by atoms with Crippen LogP contribution in [-0.2, 0) is 10.8 Å². The second kappa shape index (κ2) is 13.6. The van der Waals surface area contributed by atoms with Crippen LogP contribution in [0.15, 0.2) is 183 Å². The molecule has 0 radical (unpaired) electrons. The lowest BCUT2D eigenvalue weighted by molar-refractivity contribution is 0.660. The van der Waals surface area contributed by atoms with Crippen molar-refractivity contribution in [3.05, 3.63) is 205 Å². The summed E-state index contributed by atoms with van der Waals surface area (Å²) in [5.74, 6) is 1.48.